The summed E-state index contributed by atoms with van der Waals surface area (Å²) >= 11 is 7.88. The number of aromatic nitrogens is 1. The molecule has 1 aromatic carbocycles. The molecule has 0 bridgehead atoms. The number of thiocarbonyl (C=S) groups is 1. The molecule has 0 saturated carbocycles. The minimum Gasteiger partial charge on any atom is -0.497 e. The summed E-state index contributed by atoms with van der Waals surface area (Å²) in [5, 5.41) is 22.5. The Hall–Kier alpha value is -3.72. The van der Waals surface area contributed by atoms with Gasteiger partial charge in [-0.15, -0.1) is 11.3 Å². The summed E-state index contributed by atoms with van der Waals surface area (Å²) in [6.07, 6.45) is 1.71. The van der Waals surface area contributed by atoms with E-state index in [-0.39, 0.29) is 27.6 Å². The first kappa shape index (κ1) is 25.4. The number of methoxy groups -OCH3 is 1. The van der Waals surface area contributed by atoms with Gasteiger partial charge in [0.1, 0.15) is 21.7 Å². The van der Waals surface area contributed by atoms with Crippen LogP contribution in [0.4, 0.5) is 0 Å². The van der Waals surface area contributed by atoms with Gasteiger partial charge in [0.2, 0.25) is 5.88 Å². The molecule has 3 heterocycles. The number of ketones is 1. The van der Waals surface area contributed by atoms with Crippen molar-refractivity contribution in [2.24, 2.45) is 0 Å². The van der Waals surface area contributed by atoms with Gasteiger partial charge >= 0.3 is 0 Å². The van der Waals surface area contributed by atoms with Crippen LogP contribution in [0.2, 0.25) is 0 Å². The lowest BCUT2D eigenvalue weighted by Crippen LogP contribution is -2.35. The second-order valence-electron chi connectivity index (χ2n) is 7.76. The maximum absolute atomic E-state index is 13.3. The molecule has 0 unspecified atom stereocenters. The minimum atomic E-state index is -0.718. The number of benzene rings is 1. The summed E-state index contributed by atoms with van der Waals surface area (Å²) in [4.78, 5) is 41.6. The molecule has 8 nitrogen and oxygen atoms in total. The van der Waals surface area contributed by atoms with E-state index in [1.165, 1.54) is 25.4 Å². The van der Waals surface area contributed by atoms with Crippen LogP contribution in [-0.4, -0.2) is 44.2 Å². The molecule has 36 heavy (non-hydrogen) atoms. The SMILES string of the molecule is COc1ccc(Cn2c(O)c(C(=O)CN3C(=O)/C(=C/c4cccs4)SC3=S)c(C)c(C#N)c2=O)cc1. The van der Waals surface area contributed by atoms with Crippen molar-refractivity contribution in [2.45, 2.75) is 13.5 Å². The Labute approximate surface area is 220 Å². The standard InChI is InChI=1S/C25H19N3O5S3/c1-14-18(11-26)22(30)27(12-15-5-7-16(33-2)8-6-15)24(32)21(14)19(29)13-28-23(31)20(36-25(28)34)10-17-4-3-9-35-17/h3-10,32H,12-13H2,1-2H3/b20-10-. The van der Waals surface area contributed by atoms with Gasteiger partial charge in [0.25, 0.3) is 11.5 Å². The number of nitrogens with zero attached hydrogens (tertiary/aromatic N) is 3. The number of amides is 1. The zero-order valence-electron chi connectivity index (χ0n) is 19.2. The van der Waals surface area contributed by atoms with E-state index in [2.05, 4.69) is 0 Å². The largest absolute Gasteiger partial charge is 0.497 e. The second-order valence-corrected chi connectivity index (χ2v) is 10.4. The highest BCUT2D eigenvalue weighted by Gasteiger charge is 2.35. The molecule has 1 saturated heterocycles. The predicted octanol–water partition coefficient (Wildman–Crippen LogP) is 3.94. The molecule has 0 atom stereocenters. The summed E-state index contributed by atoms with van der Waals surface area (Å²) < 4.78 is 6.32. The molecule has 1 fully saturated rings. The number of Topliss-reactive ketones (excluding diaryl/α,β-unsaturated/α-hetero) is 1. The summed E-state index contributed by atoms with van der Waals surface area (Å²) in [5.74, 6) is -1.02. The molecule has 1 N–H and O–H groups in total. The van der Waals surface area contributed by atoms with Gasteiger partial charge in [-0.05, 0) is 47.7 Å². The number of carbonyl (C=O) groups excluding carboxylic acids is 2. The first-order chi connectivity index (χ1) is 17.2. The summed E-state index contributed by atoms with van der Waals surface area (Å²) in [7, 11) is 1.53. The first-order valence-corrected chi connectivity index (χ1v) is 12.7. The van der Waals surface area contributed by atoms with Crippen LogP contribution in [0.3, 0.4) is 0 Å². The van der Waals surface area contributed by atoms with Gasteiger partial charge in [-0.2, -0.15) is 5.26 Å². The van der Waals surface area contributed by atoms with Gasteiger partial charge in [-0.3, -0.25) is 23.9 Å². The van der Waals surface area contributed by atoms with E-state index in [0.717, 1.165) is 26.1 Å². The van der Waals surface area contributed by atoms with Gasteiger partial charge in [-0.25, -0.2) is 0 Å². The lowest BCUT2D eigenvalue weighted by Gasteiger charge is -2.18. The molecule has 3 aromatic rings. The highest BCUT2D eigenvalue weighted by molar-refractivity contribution is 8.26. The highest BCUT2D eigenvalue weighted by Crippen LogP contribution is 2.34. The zero-order valence-corrected chi connectivity index (χ0v) is 21.6. The first-order valence-electron chi connectivity index (χ1n) is 10.6. The molecule has 0 radical (unpaired) electrons. The van der Waals surface area contributed by atoms with E-state index in [4.69, 9.17) is 17.0 Å². The Morgan fingerprint density at radius 1 is 1.25 bits per heavy atom. The number of thiophene rings is 1. The van der Waals surface area contributed by atoms with Gasteiger partial charge in [0.05, 0.1) is 30.7 Å². The average Bonchev–Trinajstić information content (AvgIpc) is 3.46. The number of ether oxygens (including phenoxy) is 1. The van der Waals surface area contributed by atoms with E-state index in [0.29, 0.717) is 16.2 Å². The third kappa shape index (κ3) is 4.83. The fourth-order valence-electron chi connectivity index (χ4n) is 3.71. The molecule has 1 aliphatic heterocycles. The molecule has 2 aromatic heterocycles. The fourth-order valence-corrected chi connectivity index (χ4v) is 5.68. The number of rotatable bonds is 7. The number of pyridine rings is 1. The summed E-state index contributed by atoms with van der Waals surface area (Å²) in [6.45, 7) is 0.909. The van der Waals surface area contributed by atoms with Crippen molar-refractivity contribution in [1.29, 1.82) is 5.26 Å². The molecule has 182 valence electrons. The zero-order chi connectivity index (χ0) is 26.0. The van der Waals surface area contributed by atoms with Crippen molar-refractivity contribution < 1.29 is 19.4 Å². The molecule has 1 amide bonds. The molecular formula is C25H19N3O5S3. The number of hydrogen-bond donors (Lipinski definition) is 1. The fraction of sp³-hybridized carbons (Fsp3) is 0.160. The van der Waals surface area contributed by atoms with Crippen molar-refractivity contribution in [3.05, 3.63) is 84.2 Å². The summed E-state index contributed by atoms with van der Waals surface area (Å²) in [6, 6.07) is 12.4. The molecule has 0 spiro atoms. The van der Waals surface area contributed by atoms with E-state index in [1.807, 2.05) is 23.6 Å². The van der Waals surface area contributed by atoms with Gasteiger partial charge in [-0.1, -0.05) is 42.2 Å². The number of aromatic hydroxyl groups is 1. The molecule has 11 heteroatoms. The van der Waals surface area contributed by atoms with Crippen LogP contribution in [0.1, 0.15) is 31.9 Å². The lowest BCUT2D eigenvalue weighted by molar-refractivity contribution is -0.121. The number of thioether (sulfide) groups is 1. The lowest BCUT2D eigenvalue weighted by atomic mass is 10.0. The van der Waals surface area contributed by atoms with E-state index in [9.17, 15) is 24.8 Å². The van der Waals surface area contributed by atoms with Gasteiger partial charge in [0.15, 0.2) is 5.78 Å². The van der Waals surface area contributed by atoms with Crippen LogP contribution < -0.4 is 10.3 Å². The third-order valence-electron chi connectivity index (χ3n) is 5.57. The van der Waals surface area contributed by atoms with Crippen LogP contribution >= 0.6 is 35.3 Å². The van der Waals surface area contributed by atoms with Crippen molar-refractivity contribution in [3.8, 4) is 17.7 Å². The van der Waals surface area contributed by atoms with Crippen LogP contribution in [0.5, 0.6) is 11.6 Å². The molecule has 4 rings (SSSR count). The maximum atomic E-state index is 13.3. The topological polar surface area (TPSA) is 113 Å². The predicted molar refractivity (Wildman–Crippen MR) is 142 cm³/mol. The monoisotopic (exact) mass is 537 g/mol. The average molecular weight is 538 g/mol. The van der Waals surface area contributed by atoms with Gasteiger partial charge < -0.3 is 9.84 Å². The van der Waals surface area contributed by atoms with Crippen LogP contribution in [0.25, 0.3) is 6.08 Å². The number of hydrogen-bond acceptors (Lipinski definition) is 9. The second kappa shape index (κ2) is 10.5. The highest BCUT2D eigenvalue weighted by atomic mass is 32.2. The Balaban J connectivity index is 1.67. The van der Waals surface area contributed by atoms with E-state index < -0.39 is 29.7 Å². The van der Waals surface area contributed by atoms with Crippen molar-refractivity contribution in [2.75, 3.05) is 13.7 Å². The Bertz CT molecular complexity index is 1500. The summed E-state index contributed by atoms with van der Waals surface area (Å²) in [5.41, 5.74) is -0.474. The van der Waals surface area contributed by atoms with Crippen LogP contribution in [0, 0.1) is 18.3 Å². The molecular weight excluding hydrogens is 518 g/mol. The van der Waals surface area contributed by atoms with Crippen LogP contribution in [0.15, 0.2) is 51.5 Å². The van der Waals surface area contributed by atoms with E-state index in [1.54, 1.807) is 30.3 Å². The van der Waals surface area contributed by atoms with Crippen molar-refractivity contribution in [1.82, 2.24) is 9.47 Å². The van der Waals surface area contributed by atoms with Crippen LogP contribution in [-0.2, 0) is 11.3 Å². The smallest absolute Gasteiger partial charge is 0.271 e. The molecule has 0 aliphatic carbocycles. The quantitative estimate of drug-likeness (QED) is 0.274. The minimum absolute atomic E-state index is 0.0514. The normalized spacial score (nSPS) is 14.4. The molecule has 1 aliphatic rings. The van der Waals surface area contributed by atoms with Crippen molar-refractivity contribution >= 4 is 57.4 Å². The third-order valence-corrected chi connectivity index (χ3v) is 7.77. The van der Waals surface area contributed by atoms with Gasteiger partial charge in [0, 0.05) is 4.88 Å². The number of nitriles is 1. The Morgan fingerprint density at radius 3 is 2.58 bits per heavy atom. The van der Waals surface area contributed by atoms with Crippen molar-refractivity contribution in [3.63, 3.8) is 0 Å². The number of carbonyl (C=O) groups is 2. The Morgan fingerprint density at radius 2 is 1.97 bits per heavy atom. The maximum Gasteiger partial charge on any atom is 0.271 e. The van der Waals surface area contributed by atoms with E-state index >= 15 is 0 Å². The Kier molecular flexibility index (Phi) is 7.40.